The van der Waals surface area contributed by atoms with E-state index in [0.717, 1.165) is 19.3 Å². The molecule has 7 heteroatoms. The van der Waals surface area contributed by atoms with E-state index >= 15 is 0 Å². The predicted molar refractivity (Wildman–Crippen MR) is 99.7 cm³/mol. The molecule has 0 unspecified atom stereocenters. The first-order valence-electron chi connectivity index (χ1n) is 8.62. The van der Waals surface area contributed by atoms with Gasteiger partial charge in [0.15, 0.2) is 0 Å². The summed E-state index contributed by atoms with van der Waals surface area (Å²) in [5, 5.41) is 5.92. The molecule has 0 fully saturated rings. The minimum atomic E-state index is -0.398. The number of hydrogen-bond acceptors (Lipinski definition) is 6. The van der Waals surface area contributed by atoms with E-state index < -0.39 is 5.97 Å². The van der Waals surface area contributed by atoms with E-state index in [0.29, 0.717) is 35.1 Å². The van der Waals surface area contributed by atoms with Gasteiger partial charge >= 0.3 is 5.97 Å². The number of ether oxygens (including phenoxy) is 1. The number of methoxy groups -OCH3 is 1. The van der Waals surface area contributed by atoms with Crippen molar-refractivity contribution in [2.45, 2.75) is 33.1 Å². The summed E-state index contributed by atoms with van der Waals surface area (Å²) in [6.45, 7) is 4.56. The maximum Gasteiger partial charge on any atom is 0.337 e. The minimum Gasteiger partial charge on any atom is -0.465 e. The first-order valence-corrected chi connectivity index (χ1v) is 8.62. The molecule has 1 heterocycles. The van der Waals surface area contributed by atoms with E-state index in [-0.39, 0.29) is 5.91 Å². The first kappa shape index (κ1) is 19.4. The number of nitrogens with zero attached hydrogens (tertiary/aromatic N) is 2. The van der Waals surface area contributed by atoms with Crippen molar-refractivity contribution >= 4 is 23.5 Å². The number of rotatable bonds is 8. The average molecular weight is 356 g/mol. The fraction of sp³-hybridized carbons (Fsp3) is 0.368. The van der Waals surface area contributed by atoms with Gasteiger partial charge in [-0.05, 0) is 43.7 Å². The van der Waals surface area contributed by atoms with Crippen LogP contribution in [0.1, 0.15) is 52.7 Å². The molecule has 2 N–H and O–H groups in total. The molecule has 0 saturated carbocycles. The quantitative estimate of drug-likeness (QED) is 0.557. The fourth-order valence-corrected chi connectivity index (χ4v) is 2.34. The molecule has 1 amide bonds. The Kier molecular flexibility index (Phi) is 7.08. The Morgan fingerprint density at radius 1 is 1.12 bits per heavy atom. The highest BCUT2D eigenvalue weighted by atomic mass is 16.5. The lowest BCUT2D eigenvalue weighted by molar-refractivity contribution is 0.0600. The highest BCUT2D eigenvalue weighted by Crippen LogP contribution is 2.15. The molecule has 138 valence electrons. The summed E-state index contributed by atoms with van der Waals surface area (Å²) in [4.78, 5) is 32.3. The van der Waals surface area contributed by atoms with Gasteiger partial charge in [0.25, 0.3) is 5.91 Å². The number of aromatic nitrogens is 2. The zero-order chi connectivity index (χ0) is 18.9. The molecule has 0 bridgehead atoms. The maximum atomic E-state index is 12.2. The Balaban J connectivity index is 2.06. The number of unbranched alkanes of at least 4 members (excludes halogenated alkanes) is 2. The van der Waals surface area contributed by atoms with Gasteiger partial charge in [0.1, 0.15) is 5.69 Å². The van der Waals surface area contributed by atoms with Gasteiger partial charge in [-0.1, -0.05) is 19.8 Å². The number of amides is 1. The highest BCUT2D eigenvalue weighted by molar-refractivity contribution is 5.92. The molecule has 0 radical (unpaired) electrons. The van der Waals surface area contributed by atoms with Crippen LogP contribution in [0, 0.1) is 6.92 Å². The van der Waals surface area contributed by atoms with Gasteiger partial charge in [-0.25, -0.2) is 14.8 Å². The first-order chi connectivity index (χ1) is 12.5. The lowest BCUT2D eigenvalue weighted by Crippen LogP contribution is -2.25. The van der Waals surface area contributed by atoms with Crippen LogP contribution in [0.25, 0.3) is 0 Å². The number of aryl methyl sites for hydroxylation is 1. The fourth-order valence-electron chi connectivity index (χ4n) is 2.34. The predicted octanol–water partition coefficient (Wildman–Crippen LogP) is 3.24. The summed E-state index contributed by atoms with van der Waals surface area (Å²) >= 11 is 0. The van der Waals surface area contributed by atoms with Gasteiger partial charge < -0.3 is 15.4 Å². The number of carbonyl (C=O) groups is 2. The van der Waals surface area contributed by atoms with Crippen LogP contribution in [0.2, 0.25) is 0 Å². The third kappa shape index (κ3) is 5.54. The summed E-state index contributed by atoms with van der Waals surface area (Å²) in [7, 11) is 1.34. The normalized spacial score (nSPS) is 10.3. The zero-order valence-electron chi connectivity index (χ0n) is 15.3. The average Bonchev–Trinajstić information content (AvgIpc) is 2.64. The van der Waals surface area contributed by atoms with Gasteiger partial charge in [-0.2, -0.15) is 0 Å². The van der Waals surface area contributed by atoms with Gasteiger partial charge in [0.2, 0.25) is 5.95 Å². The number of carbonyl (C=O) groups excluding carboxylic acids is 2. The molecule has 0 saturated heterocycles. The maximum absolute atomic E-state index is 12.2. The van der Waals surface area contributed by atoms with Gasteiger partial charge in [-0.3, -0.25) is 4.79 Å². The molecule has 0 aliphatic rings. The Labute approximate surface area is 153 Å². The van der Waals surface area contributed by atoms with Crippen LogP contribution in [0.5, 0.6) is 0 Å². The largest absolute Gasteiger partial charge is 0.465 e. The zero-order valence-corrected chi connectivity index (χ0v) is 15.3. The summed E-state index contributed by atoms with van der Waals surface area (Å²) in [5.41, 5.74) is 2.17. The minimum absolute atomic E-state index is 0.212. The SMILES string of the molecule is CCCCCNC(=O)c1cc(C)nc(Nc2ccc(C(=O)OC)cc2)n1. The summed E-state index contributed by atoms with van der Waals surface area (Å²) in [6.07, 6.45) is 3.13. The summed E-state index contributed by atoms with van der Waals surface area (Å²) in [5.74, 6) is -0.282. The van der Waals surface area contributed by atoms with Crippen molar-refractivity contribution < 1.29 is 14.3 Å². The van der Waals surface area contributed by atoms with Crippen molar-refractivity contribution in [2.24, 2.45) is 0 Å². The molecule has 0 aliphatic heterocycles. The molecule has 0 atom stereocenters. The Bertz CT molecular complexity index is 760. The Morgan fingerprint density at radius 2 is 1.85 bits per heavy atom. The lowest BCUT2D eigenvalue weighted by Gasteiger charge is -2.09. The van der Waals surface area contributed by atoms with Gasteiger partial charge in [0, 0.05) is 17.9 Å². The van der Waals surface area contributed by atoms with E-state index in [1.165, 1.54) is 7.11 Å². The molecule has 0 aliphatic carbocycles. The second kappa shape index (κ2) is 9.50. The molecular weight excluding hydrogens is 332 g/mol. The van der Waals surface area contributed by atoms with Crippen LogP contribution in [0.4, 0.5) is 11.6 Å². The smallest absolute Gasteiger partial charge is 0.337 e. The van der Waals surface area contributed by atoms with Crippen LogP contribution >= 0.6 is 0 Å². The summed E-state index contributed by atoms with van der Waals surface area (Å²) in [6, 6.07) is 8.39. The van der Waals surface area contributed by atoms with Gasteiger partial charge in [0.05, 0.1) is 12.7 Å². The molecule has 1 aromatic heterocycles. The van der Waals surface area contributed by atoms with Crippen molar-refractivity contribution in [2.75, 3.05) is 19.0 Å². The number of esters is 1. The van der Waals surface area contributed by atoms with E-state index in [1.807, 2.05) is 0 Å². The molecule has 2 rings (SSSR count). The molecule has 26 heavy (non-hydrogen) atoms. The second-order valence-corrected chi connectivity index (χ2v) is 5.88. The molecule has 2 aromatic rings. The number of benzene rings is 1. The lowest BCUT2D eigenvalue weighted by atomic mass is 10.2. The van der Waals surface area contributed by atoms with Crippen molar-refractivity contribution in [3.63, 3.8) is 0 Å². The third-order valence-electron chi connectivity index (χ3n) is 3.71. The Hall–Kier alpha value is -2.96. The summed E-state index contributed by atoms with van der Waals surface area (Å²) < 4.78 is 4.67. The standard InChI is InChI=1S/C19H24N4O3/c1-4-5-6-11-20-17(24)16-12-13(2)21-19(23-16)22-15-9-7-14(8-10-15)18(25)26-3/h7-10,12H,4-6,11H2,1-3H3,(H,20,24)(H,21,22,23). The molecular formula is C19H24N4O3. The van der Waals surface area contributed by atoms with Crippen molar-refractivity contribution in [3.05, 3.63) is 47.3 Å². The van der Waals surface area contributed by atoms with Crippen LogP contribution in [0.15, 0.2) is 30.3 Å². The van der Waals surface area contributed by atoms with Crippen molar-refractivity contribution in [3.8, 4) is 0 Å². The van der Waals surface area contributed by atoms with Crippen LogP contribution in [-0.2, 0) is 4.74 Å². The Morgan fingerprint density at radius 3 is 2.50 bits per heavy atom. The monoisotopic (exact) mass is 356 g/mol. The topological polar surface area (TPSA) is 93.2 Å². The number of nitrogens with one attached hydrogen (secondary N) is 2. The van der Waals surface area contributed by atoms with Crippen LogP contribution in [0.3, 0.4) is 0 Å². The molecule has 0 spiro atoms. The van der Waals surface area contributed by atoms with E-state index in [1.54, 1.807) is 37.3 Å². The number of hydrogen-bond donors (Lipinski definition) is 2. The van der Waals surface area contributed by atoms with Crippen LogP contribution < -0.4 is 10.6 Å². The van der Waals surface area contributed by atoms with E-state index in [4.69, 9.17) is 0 Å². The van der Waals surface area contributed by atoms with E-state index in [9.17, 15) is 9.59 Å². The molecule has 7 nitrogen and oxygen atoms in total. The van der Waals surface area contributed by atoms with Gasteiger partial charge in [-0.15, -0.1) is 0 Å². The van der Waals surface area contributed by atoms with Crippen molar-refractivity contribution in [1.29, 1.82) is 0 Å². The second-order valence-electron chi connectivity index (χ2n) is 5.88. The third-order valence-corrected chi connectivity index (χ3v) is 3.71. The van der Waals surface area contributed by atoms with Crippen LogP contribution in [-0.4, -0.2) is 35.5 Å². The number of anilines is 2. The van der Waals surface area contributed by atoms with E-state index in [2.05, 4.69) is 32.3 Å². The highest BCUT2D eigenvalue weighted by Gasteiger charge is 2.11. The molecule has 1 aromatic carbocycles. The van der Waals surface area contributed by atoms with Crippen molar-refractivity contribution in [1.82, 2.24) is 15.3 Å².